The minimum absolute atomic E-state index is 0.0807. The smallest absolute Gasteiger partial charge is 0.338 e. The van der Waals surface area contributed by atoms with Crippen molar-refractivity contribution in [2.75, 3.05) is 31.8 Å². The molecule has 0 N–H and O–H groups in total. The maximum absolute atomic E-state index is 13.2. The van der Waals surface area contributed by atoms with Gasteiger partial charge in [0.25, 0.3) is 17.7 Å². The fourth-order valence-electron chi connectivity index (χ4n) is 3.86. The fraction of sp³-hybridized carbons (Fsp3) is 0.200. The molecule has 9 nitrogen and oxygen atoms in total. The second kappa shape index (κ2) is 9.22. The van der Waals surface area contributed by atoms with Crippen molar-refractivity contribution >= 4 is 40.7 Å². The van der Waals surface area contributed by atoms with Gasteiger partial charge in [0.15, 0.2) is 18.1 Å². The number of anilines is 1. The lowest BCUT2D eigenvalue weighted by Crippen LogP contribution is -2.34. The summed E-state index contributed by atoms with van der Waals surface area (Å²) < 4.78 is 16.5. The van der Waals surface area contributed by atoms with Crippen LogP contribution in [0.2, 0.25) is 0 Å². The molecule has 35 heavy (non-hydrogen) atoms. The molecular formula is C25H20N2O7S. The number of esters is 1. The van der Waals surface area contributed by atoms with E-state index in [1.807, 2.05) is 17.5 Å². The Balaban J connectivity index is 1.33. The van der Waals surface area contributed by atoms with Crippen LogP contribution in [0.25, 0.3) is 0 Å². The number of imide groups is 1. The summed E-state index contributed by atoms with van der Waals surface area (Å²) >= 11 is 1.50. The molecule has 178 valence electrons. The van der Waals surface area contributed by atoms with E-state index in [1.54, 1.807) is 18.2 Å². The lowest BCUT2D eigenvalue weighted by Gasteiger charge is -2.25. The van der Waals surface area contributed by atoms with Crippen LogP contribution in [0.5, 0.6) is 11.5 Å². The minimum Gasteiger partial charge on any atom is -0.486 e. The number of carbonyl (C=O) groups excluding carboxylic acids is 4. The number of nitrogens with zero attached hydrogens (tertiary/aromatic N) is 2. The number of carbonyl (C=O) groups is 4. The van der Waals surface area contributed by atoms with Gasteiger partial charge in [0.2, 0.25) is 0 Å². The summed E-state index contributed by atoms with van der Waals surface area (Å²) in [5.41, 5.74) is 1.02. The highest BCUT2D eigenvalue weighted by Crippen LogP contribution is 2.35. The first-order chi connectivity index (χ1) is 16.9. The molecule has 0 radical (unpaired) electrons. The van der Waals surface area contributed by atoms with Crippen LogP contribution in [0.15, 0.2) is 53.9 Å². The van der Waals surface area contributed by atoms with Gasteiger partial charge in [0.1, 0.15) is 13.2 Å². The van der Waals surface area contributed by atoms with Crippen LogP contribution in [-0.4, -0.2) is 55.5 Å². The fourth-order valence-corrected chi connectivity index (χ4v) is 4.55. The SMILES string of the molecule is CN1C(=O)c2ccc(C(=O)OCC(=O)N(Cc3cccs3)c3ccc4c(c3)OCCO4)cc2C1=O. The van der Waals surface area contributed by atoms with Crippen LogP contribution >= 0.6 is 11.3 Å². The Kier molecular flexibility index (Phi) is 5.96. The minimum atomic E-state index is -0.769. The highest BCUT2D eigenvalue weighted by atomic mass is 32.1. The molecule has 0 saturated heterocycles. The summed E-state index contributed by atoms with van der Waals surface area (Å²) in [6.07, 6.45) is 0. The Labute approximate surface area is 204 Å². The molecule has 5 rings (SSSR count). The number of hydrogen-bond donors (Lipinski definition) is 0. The van der Waals surface area contributed by atoms with Gasteiger partial charge in [-0.05, 0) is 41.8 Å². The lowest BCUT2D eigenvalue weighted by atomic mass is 10.1. The first-order valence-electron chi connectivity index (χ1n) is 10.8. The number of amides is 3. The molecule has 0 fully saturated rings. The van der Waals surface area contributed by atoms with Crippen LogP contribution in [0.1, 0.15) is 36.0 Å². The molecule has 0 bridgehead atoms. The molecule has 0 unspecified atom stereocenters. The average Bonchev–Trinajstić information content (AvgIpc) is 3.48. The summed E-state index contributed by atoms with van der Waals surface area (Å²) in [6.45, 7) is 0.647. The normalized spacial score (nSPS) is 14.0. The van der Waals surface area contributed by atoms with Crippen LogP contribution in [-0.2, 0) is 16.1 Å². The number of thiophene rings is 1. The molecule has 0 aliphatic carbocycles. The first kappa shape index (κ1) is 22.6. The van der Waals surface area contributed by atoms with Crippen molar-refractivity contribution in [1.29, 1.82) is 0 Å². The number of hydrogen-bond acceptors (Lipinski definition) is 8. The van der Waals surface area contributed by atoms with E-state index in [0.29, 0.717) is 30.4 Å². The van der Waals surface area contributed by atoms with Crippen LogP contribution < -0.4 is 14.4 Å². The Morgan fingerprint density at radius 3 is 2.54 bits per heavy atom. The predicted molar refractivity (Wildman–Crippen MR) is 126 cm³/mol. The van der Waals surface area contributed by atoms with Gasteiger partial charge in [0, 0.05) is 23.7 Å². The van der Waals surface area contributed by atoms with Crippen molar-refractivity contribution in [3.05, 3.63) is 75.5 Å². The van der Waals surface area contributed by atoms with Crippen LogP contribution in [0.3, 0.4) is 0 Å². The summed E-state index contributed by atoms with van der Waals surface area (Å²) in [6, 6.07) is 13.1. The Morgan fingerprint density at radius 1 is 1.00 bits per heavy atom. The molecule has 0 spiro atoms. The Bertz CT molecular complexity index is 1340. The van der Waals surface area contributed by atoms with E-state index in [9.17, 15) is 19.2 Å². The molecule has 3 aromatic rings. The zero-order chi connectivity index (χ0) is 24.5. The third-order valence-corrected chi connectivity index (χ3v) is 6.55. The van der Waals surface area contributed by atoms with Crippen LogP contribution in [0, 0.1) is 0 Å². The van der Waals surface area contributed by atoms with Crippen molar-refractivity contribution in [2.45, 2.75) is 6.54 Å². The third kappa shape index (κ3) is 4.35. The van der Waals surface area contributed by atoms with E-state index in [-0.39, 0.29) is 23.2 Å². The number of rotatable bonds is 6. The summed E-state index contributed by atoms with van der Waals surface area (Å²) in [7, 11) is 1.38. The van der Waals surface area contributed by atoms with E-state index in [1.165, 1.54) is 41.5 Å². The summed E-state index contributed by atoms with van der Waals surface area (Å²) in [5.74, 6) is -0.979. The third-order valence-electron chi connectivity index (χ3n) is 5.68. The standard InChI is InChI=1S/C25H20N2O7S/c1-26-23(29)18-6-4-15(11-19(18)24(26)30)25(31)34-14-22(28)27(13-17-3-2-10-35-17)16-5-7-20-21(12-16)33-9-8-32-20/h2-7,10-12H,8-9,13-14H2,1H3. The lowest BCUT2D eigenvalue weighted by molar-refractivity contribution is -0.121. The number of fused-ring (bicyclic) bond motifs is 2. The van der Waals surface area contributed by atoms with Gasteiger partial charge in [-0.2, -0.15) is 0 Å². The van der Waals surface area contributed by atoms with Gasteiger partial charge in [-0.1, -0.05) is 6.07 Å². The molecule has 0 saturated carbocycles. The van der Waals surface area contributed by atoms with Crippen LogP contribution in [0.4, 0.5) is 5.69 Å². The van der Waals surface area contributed by atoms with Crippen molar-refractivity contribution < 1.29 is 33.4 Å². The predicted octanol–water partition coefficient (Wildman–Crippen LogP) is 3.14. The van der Waals surface area contributed by atoms with E-state index < -0.39 is 30.3 Å². The molecule has 2 aliphatic rings. The van der Waals surface area contributed by atoms with E-state index in [2.05, 4.69) is 0 Å². The molecule has 2 aliphatic heterocycles. The molecule has 10 heteroatoms. The molecule has 0 atom stereocenters. The number of ether oxygens (including phenoxy) is 3. The van der Waals surface area contributed by atoms with Crippen molar-refractivity contribution in [3.8, 4) is 11.5 Å². The molecule has 3 heterocycles. The highest BCUT2D eigenvalue weighted by molar-refractivity contribution is 7.09. The molecular weight excluding hydrogens is 472 g/mol. The maximum Gasteiger partial charge on any atom is 0.338 e. The highest BCUT2D eigenvalue weighted by Gasteiger charge is 2.33. The largest absolute Gasteiger partial charge is 0.486 e. The molecule has 1 aromatic heterocycles. The van der Waals surface area contributed by atoms with E-state index in [0.717, 1.165) is 9.78 Å². The zero-order valence-corrected chi connectivity index (χ0v) is 19.5. The second-order valence-corrected chi connectivity index (χ2v) is 8.93. The van der Waals surface area contributed by atoms with Gasteiger partial charge in [-0.15, -0.1) is 11.3 Å². The average molecular weight is 493 g/mol. The number of benzene rings is 2. The topological polar surface area (TPSA) is 102 Å². The van der Waals surface area contributed by atoms with Gasteiger partial charge < -0.3 is 19.1 Å². The molecule has 2 aromatic carbocycles. The monoisotopic (exact) mass is 492 g/mol. The van der Waals surface area contributed by atoms with Crippen molar-refractivity contribution in [3.63, 3.8) is 0 Å². The van der Waals surface area contributed by atoms with Gasteiger partial charge in [0.05, 0.1) is 23.2 Å². The first-order valence-corrected chi connectivity index (χ1v) is 11.7. The quantitative estimate of drug-likeness (QED) is 0.385. The summed E-state index contributed by atoms with van der Waals surface area (Å²) in [4.78, 5) is 53.5. The Morgan fingerprint density at radius 2 is 1.77 bits per heavy atom. The van der Waals surface area contributed by atoms with Gasteiger partial charge in [-0.25, -0.2) is 4.79 Å². The summed E-state index contributed by atoms with van der Waals surface area (Å²) in [5, 5.41) is 1.92. The maximum atomic E-state index is 13.2. The Hall–Kier alpha value is -4.18. The van der Waals surface area contributed by atoms with E-state index in [4.69, 9.17) is 14.2 Å². The van der Waals surface area contributed by atoms with Crippen molar-refractivity contribution in [2.24, 2.45) is 0 Å². The second-order valence-electron chi connectivity index (χ2n) is 7.89. The van der Waals surface area contributed by atoms with Gasteiger partial charge >= 0.3 is 5.97 Å². The molecule has 3 amide bonds. The van der Waals surface area contributed by atoms with E-state index >= 15 is 0 Å². The zero-order valence-electron chi connectivity index (χ0n) is 18.7. The van der Waals surface area contributed by atoms with Gasteiger partial charge in [-0.3, -0.25) is 19.3 Å². The van der Waals surface area contributed by atoms with Crippen molar-refractivity contribution in [1.82, 2.24) is 4.90 Å².